The van der Waals surface area contributed by atoms with E-state index < -0.39 is 0 Å². The van der Waals surface area contributed by atoms with Gasteiger partial charge in [-0.2, -0.15) is 5.10 Å². The highest BCUT2D eigenvalue weighted by Gasteiger charge is 2.19. The molecule has 0 aliphatic carbocycles. The summed E-state index contributed by atoms with van der Waals surface area (Å²) >= 11 is 0. The normalized spacial score (nSPS) is 11.3. The molecule has 0 aromatic carbocycles. The number of hydrogen-bond donors (Lipinski definition) is 0. The first-order valence-electron chi connectivity index (χ1n) is 7.42. The first-order chi connectivity index (χ1) is 11.0. The molecule has 0 spiro atoms. The Hall–Kier alpha value is -2.77. The molecular formula is C15H19N7O. The molecule has 0 N–H and O–H groups in total. The molecule has 23 heavy (non-hydrogen) atoms. The van der Waals surface area contributed by atoms with Gasteiger partial charge in [0.25, 0.3) is 5.91 Å². The maximum atomic E-state index is 12.7. The van der Waals surface area contributed by atoms with Gasteiger partial charge in [0, 0.05) is 25.4 Å². The van der Waals surface area contributed by atoms with Crippen LogP contribution in [-0.2, 0) is 6.54 Å². The van der Waals surface area contributed by atoms with Gasteiger partial charge >= 0.3 is 0 Å². The molecule has 1 amide bonds. The molecule has 0 unspecified atom stereocenters. The van der Waals surface area contributed by atoms with E-state index in [0.29, 0.717) is 12.1 Å². The third-order valence-corrected chi connectivity index (χ3v) is 3.82. The Morgan fingerprint density at radius 1 is 1.39 bits per heavy atom. The molecule has 0 saturated heterocycles. The van der Waals surface area contributed by atoms with E-state index in [1.165, 1.54) is 0 Å². The summed E-state index contributed by atoms with van der Waals surface area (Å²) in [5, 5.41) is 12.2. The van der Waals surface area contributed by atoms with Gasteiger partial charge in [0.15, 0.2) is 11.5 Å². The van der Waals surface area contributed by atoms with Crippen LogP contribution in [0, 0.1) is 6.92 Å². The minimum absolute atomic E-state index is 0.120. The zero-order valence-electron chi connectivity index (χ0n) is 13.6. The quantitative estimate of drug-likeness (QED) is 0.729. The Morgan fingerprint density at radius 2 is 2.17 bits per heavy atom. The number of fused-ring (bicyclic) bond motifs is 1. The number of amides is 1. The van der Waals surface area contributed by atoms with Gasteiger partial charge in [-0.1, -0.05) is 0 Å². The fraction of sp³-hybridized carbons (Fsp3) is 0.400. The zero-order chi connectivity index (χ0) is 16.6. The Balaban J connectivity index is 1.86. The number of aromatic nitrogens is 6. The number of hydrogen-bond acceptors (Lipinski definition) is 5. The Kier molecular flexibility index (Phi) is 3.81. The summed E-state index contributed by atoms with van der Waals surface area (Å²) in [6, 6.07) is 2.04. The van der Waals surface area contributed by atoms with Crippen molar-refractivity contribution in [3.05, 3.63) is 41.9 Å². The van der Waals surface area contributed by atoms with Crippen molar-refractivity contribution in [1.29, 1.82) is 0 Å². The van der Waals surface area contributed by atoms with E-state index in [2.05, 4.69) is 20.3 Å². The molecule has 3 rings (SSSR count). The van der Waals surface area contributed by atoms with Gasteiger partial charge in [-0.3, -0.25) is 4.79 Å². The third-order valence-electron chi connectivity index (χ3n) is 3.82. The van der Waals surface area contributed by atoms with Crippen LogP contribution >= 0.6 is 0 Å². The fourth-order valence-corrected chi connectivity index (χ4v) is 2.50. The molecule has 0 atom stereocenters. The van der Waals surface area contributed by atoms with Crippen LogP contribution in [0.1, 0.15) is 41.8 Å². The predicted octanol–water partition coefficient (Wildman–Crippen LogP) is 1.48. The van der Waals surface area contributed by atoms with Crippen LogP contribution in [0.25, 0.3) is 5.65 Å². The van der Waals surface area contributed by atoms with Crippen molar-refractivity contribution in [1.82, 2.24) is 34.3 Å². The molecular weight excluding hydrogens is 294 g/mol. The molecule has 3 aromatic heterocycles. The largest absolute Gasteiger partial charge is 0.334 e. The summed E-state index contributed by atoms with van der Waals surface area (Å²) in [7, 11) is 1.74. The Bertz CT molecular complexity index is 849. The number of nitrogens with zero attached hydrogens (tertiary/aromatic N) is 7. The van der Waals surface area contributed by atoms with Crippen LogP contribution in [0.5, 0.6) is 0 Å². The molecule has 0 radical (unpaired) electrons. The summed E-state index contributed by atoms with van der Waals surface area (Å²) in [4.78, 5) is 18.6. The SMILES string of the molecule is Cc1c(C(=O)N(C)Cc2nncn2C(C)C)cnc2ccnn12. The van der Waals surface area contributed by atoms with E-state index in [-0.39, 0.29) is 11.9 Å². The molecule has 120 valence electrons. The minimum Gasteiger partial charge on any atom is -0.334 e. The average Bonchev–Trinajstić information content (AvgIpc) is 3.15. The Morgan fingerprint density at radius 3 is 2.91 bits per heavy atom. The second-order valence-electron chi connectivity index (χ2n) is 5.77. The van der Waals surface area contributed by atoms with E-state index in [1.807, 2.05) is 25.3 Å². The van der Waals surface area contributed by atoms with Gasteiger partial charge < -0.3 is 9.47 Å². The van der Waals surface area contributed by atoms with E-state index in [4.69, 9.17) is 0 Å². The van der Waals surface area contributed by atoms with Crippen LogP contribution < -0.4 is 0 Å². The molecule has 8 nitrogen and oxygen atoms in total. The molecule has 3 heterocycles. The van der Waals surface area contributed by atoms with Gasteiger partial charge in [0.2, 0.25) is 0 Å². The minimum atomic E-state index is -0.120. The highest BCUT2D eigenvalue weighted by molar-refractivity contribution is 5.95. The number of aryl methyl sites for hydroxylation is 1. The van der Waals surface area contributed by atoms with Crippen molar-refractivity contribution >= 4 is 11.6 Å². The molecule has 3 aromatic rings. The van der Waals surface area contributed by atoms with Crippen LogP contribution in [0.2, 0.25) is 0 Å². The molecule has 0 aliphatic heterocycles. The van der Waals surface area contributed by atoms with Crippen molar-refractivity contribution in [2.75, 3.05) is 7.05 Å². The highest BCUT2D eigenvalue weighted by atomic mass is 16.2. The first kappa shape index (κ1) is 15.1. The number of carbonyl (C=O) groups excluding carboxylic acids is 1. The summed E-state index contributed by atoms with van der Waals surface area (Å²) in [6.45, 7) is 6.34. The Labute approximate surface area is 133 Å². The lowest BCUT2D eigenvalue weighted by Gasteiger charge is -2.19. The smallest absolute Gasteiger partial charge is 0.257 e. The number of carbonyl (C=O) groups is 1. The van der Waals surface area contributed by atoms with Crippen molar-refractivity contribution < 1.29 is 4.79 Å². The predicted molar refractivity (Wildman–Crippen MR) is 83.9 cm³/mol. The third kappa shape index (κ3) is 2.67. The van der Waals surface area contributed by atoms with Crippen molar-refractivity contribution in [2.24, 2.45) is 0 Å². The summed E-state index contributed by atoms with van der Waals surface area (Å²) in [5.74, 6) is 0.632. The van der Waals surface area contributed by atoms with Crippen molar-refractivity contribution in [3.63, 3.8) is 0 Å². The van der Waals surface area contributed by atoms with Crippen LogP contribution in [0.4, 0.5) is 0 Å². The summed E-state index contributed by atoms with van der Waals surface area (Å²) in [6.07, 6.45) is 4.94. The molecule has 8 heteroatoms. The van der Waals surface area contributed by atoms with Gasteiger partial charge in [-0.25, -0.2) is 9.50 Å². The molecule has 0 bridgehead atoms. The van der Waals surface area contributed by atoms with E-state index in [9.17, 15) is 4.79 Å². The van der Waals surface area contributed by atoms with E-state index >= 15 is 0 Å². The maximum absolute atomic E-state index is 12.7. The van der Waals surface area contributed by atoms with Crippen molar-refractivity contribution in [2.45, 2.75) is 33.4 Å². The topological polar surface area (TPSA) is 81.2 Å². The zero-order valence-corrected chi connectivity index (χ0v) is 13.6. The lowest BCUT2D eigenvalue weighted by Crippen LogP contribution is -2.29. The second kappa shape index (κ2) is 5.79. The molecule has 0 aliphatic rings. The first-order valence-corrected chi connectivity index (χ1v) is 7.42. The van der Waals surface area contributed by atoms with Gasteiger partial charge in [0.05, 0.1) is 24.0 Å². The lowest BCUT2D eigenvalue weighted by atomic mass is 10.2. The maximum Gasteiger partial charge on any atom is 0.257 e. The van der Waals surface area contributed by atoms with Crippen LogP contribution in [-0.4, -0.2) is 47.2 Å². The summed E-state index contributed by atoms with van der Waals surface area (Å²) < 4.78 is 3.61. The van der Waals surface area contributed by atoms with E-state index in [0.717, 1.165) is 17.2 Å². The highest BCUT2D eigenvalue weighted by Crippen LogP contribution is 2.14. The van der Waals surface area contributed by atoms with Crippen molar-refractivity contribution in [3.8, 4) is 0 Å². The lowest BCUT2D eigenvalue weighted by molar-refractivity contribution is 0.0777. The van der Waals surface area contributed by atoms with Gasteiger partial charge in [-0.05, 0) is 20.8 Å². The standard InChI is InChI=1S/C15H19N7O/c1-10(2)21-9-17-19-14(21)8-20(4)15(23)12-7-16-13-5-6-18-22(13)11(12)3/h5-7,9-10H,8H2,1-4H3. The molecule has 0 saturated carbocycles. The van der Waals surface area contributed by atoms with Gasteiger partial charge in [0.1, 0.15) is 6.33 Å². The monoisotopic (exact) mass is 313 g/mol. The summed E-state index contributed by atoms with van der Waals surface area (Å²) in [5.41, 5.74) is 2.02. The number of rotatable bonds is 4. The van der Waals surface area contributed by atoms with Gasteiger partial charge in [-0.15, -0.1) is 10.2 Å². The molecule has 0 fully saturated rings. The average molecular weight is 313 g/mol. The second-order valence-corrected chi connectivity index (χ2v) is 5.77. The fourth-order valence-electron chi connectivity index (χ4n) is 2.50. The van der Waals surface area contributed by atoms with E-state index in [1.54, 1.807) is 41.3 Å². The van der Waals surface area contributed by atoms with Crippen LogP contribution in [0.15, 0.2) is 24.8 Å². The van der Waals surface area contributed by atoms with Crippen LogP contribution in [0.3, 0.4) is 0 Å².